The molecule has 1 amide bonds. The molecule has 0 radical (unpaired) electrons. The van der Waals surface area contributed by atoms with E-state index in [1.165, 1.54) is 6.92 Å². The minimum Gasteiger partial charge on any atom is -0.459 e. The van der Waals surface area contributed by atoms with Gasteiger partial charge in [-0.2, -0.15) is 0 Å². The standard InChI is InChI=1S/C24H42N2O6/c1-11-24(30,12-2)19(25-15(4)27)18-16(14(3)20(28)31-22(5,6)7)13-17(26-18)21(29)32-23(8,9)10/h16-19,26,30H,3,11-13H2,1-2,4-10H3,(H,25,27)/t16-,17+,18+,19+/m0/s1. The van der Waals surface area contributed by atoms with Crippen LogP contribution in [-0.2, 0) is 23.9 Å². The fourth-order valence-electron chi connectivity index (χ4n) is 4.00. The van der Waals surface area contributed by atoms with Gasteiger partial charge in [0.05, 0.1) is 11.6 Å². The fourth-order valence-corrected chi connectivity index (χ4v) is 4.00. The molecule has 1 fully saturated rings. The fraction of sp³-hybridized carbons (Fsp3) is 0.792. The molecular formula is C24H42N2O6. The van der Waals surface area contributed by atoms with Crippen molar-refractivity contribution in [3.05, 3.63) is 12.2 Å². The van der Waals surface area contributed by atoms with E-state index in [9.17, 15) is 19.5 Å². The summed E-state index contributed by atoms with van der Waals surface area (Å²) >= 11 is 0. The van der Waals surface area contributed by atoms with Crippen LogP contribution in [0.15, 0.2) is 12.2 Å². The molecule has 0 spiro atoms. The predicted octanol–water partition coefficient (Wildman–Crippen LogP) is 2.63. The molecular weight excluding hydrogens is 412 g/mol. The molecule has 1 heterocycles. The SMILES string of the molecule is C=C(C(=O)OC(C)(C)C)[C@@H]1C[C@H](C(=O)OC(C)(C)C)N[C@H]1[C@@H](NC(C)=O)C(O)(CC)CC. The first-order valence-corrected chi connectivity index (χ1v) is 11.3. The van der Waals surface area contributed by atoms with Crippen molar-refractivity contribution in [2.75, 3.05) is 0 Å². The minimum absolute atomic E-state index is 0.188. The Hall–Kier alpha value is -1.93. The average molecular weight is 455 g/mol. The van der Waals surface area contributed by atoms with E-state index in [2.05, 4.69) is 17.2 Å². The number of aliphatic hydroxyl groups is 1. The van der Waals surface area contributed by atoms with Gasteiger partial charge in [-0.05, 0) is 60.8 Å². The third kappa shape index (κ3) is 7.59. The highest BCUT2D eigenvalue weighted by molar-refractivity contribution is 5.89. The van der Waals surface area contributed by atoms with Gasteiger partial charge >= 0.3 is 11.9 Å². The minimum atomic E-state index is -1.25. The normalized spacial score (nSPS) is 22.8. The van der Waals surface area contributed by atoms with E-state index in [4.69, 9.17) is 9.47 Å². The molecule has 0 aromatic carbocycles. The molecule has 0 aliphatic carbocycles. The second kappa shape index (κ2) is 10.3. The highest BCUT2D eigenvalue weighted by Gasteiger charge is 2.50. The lowest BCUT2D eigenvalue weighted by Crippen LogP contribution is -2.63. The number of ether oxygens (including phenoxy) is 2. The Morgan fingerprint density at radius 3 is 1.97 bits per heavy atom. The summed E-state index contributed by atoms with van der Waals surface area (Å²) in [7, 11) is 0. The van der Waals surface area contributed by atoms with Crippen LogP contribution in [0.1, 0.15) is 81.6 Å². The van der Waals surface area contributed by atoms with E-state index in [1.54, 1.807) is 41.5 Å². The Kier molecular flexibility index (Phi) is 9.08. The number of carbonyl (C=O) groups is 3. The van der Waals surface area contributed by atoms with Crippen LogP contribution in [0.3, 0.4) is 0 Å². The number of nitrogens with one attached hydrogen (secondary N) is 2. The quantitative estimate of drug-likeness (QED) is 0.382. The van der Waals surface area contributed by atoms with Crippen LogP contribution in [0.4, 0.5) is 0 Å². The van der Waals surface area contributed by atoms with Gasteiger partial charge in [-0.25, -0.2) is 4.79 Å². The first-order valence-electron chi connectivity index (χ1n) is 11.3. The van der Waals surface area contributed by atoms with Gasteiger partial charge in [0.25, 0.3) is 0 Å². The van der Waals surface area contributed by atoms with Gasteiger partial charge in [0.15, 0.2) is 0 Å². The van der Waals surface area contributed by atoms with Crippen LogP contribution in [0.5, 0.6) is 0 Å². The van der Waals surface area contributed by atoms with Crippen LogP contribution in [0, 0.1) is 5.92 Å². The zero-order valence-corrected chi connectivity index (χ0v) is 21.1. The number of esters is 2. The largest absolute Gasteiger partial charge is 0.459 e. The van der Waals surface area contributed by atoms with Crippen molar-refractivity contribution < 1.29 is 29.0 Å². The lowest BCUT2D eigenvalue weighted by atomic mass is 9.77. The summed E-state index contributed by atoms with van der Waals surface area (Å²) in [6, 6.07) is -2.11. The van der Waals surface area contributed by atoms with Gasteiger partial charge in [0.1, 0.15) is 17.2 Å². The van der Waals surface area contributed by atoms with Crippen molar-refractivity contribution in [1.82, 2.24) is 10.6 Å². The molecule has 184 valence electrons. The molecule has 4 atom stereocenters. The van der Waals surface area contributed by atoms with Gasteiger partial charge in [-0.15, -0.1) is 0 Å². The Morgan fingerprint density at radius 2 is 1.56 bits per heavy atom. The van der Waals surface area contributed by atoms with Gasteiger partial charge in [-0.1, -0.05) is 20.4 Å². The van der Waals surface area contributed by atoms with E-state index in [0.717, 1.165) is 0 Å². The molecule has 0 saturated carbocycles. The third-order valence-electron chi connectivity index (χ3n) is 5.64. The molecule has 0 aromatic heterocycles. The average Bonchev–Trinajstić information content (AvgIpc) is 3.07. The maximum Gasteiger partial charge on any atom is 0.334 e. The Balaban J connectivity index is 3.38. The van der Waals surface area contributed by atoms with E-state index in [0.29, 0.717) is 12.8 Å². The molecule has 1 rings (SSSR count). The highest BCUT2D eigenvalue weighted by atomic mass is 16.6. The third-order valence-corrected chi connectivity index (χ3v) is 5.64. The van der Waals surface area contributed by atoms with Crippen LogP contribution in [0.2, 0.25) is 0 Å². The number of carbonyl (C=O) groups excluding carboxylic acids is 3. The Morgan fingerprint density at radius 1 is 1.06 bits per heavy atom. The number of amides is 1. The molecule has 0 unspecified atom stereocenters. The molecule has 8 heteroatoms. The number of hydrogen-bond donors (Lipinski definition) is 3. The van der Waals surface area contributed by atoms with Crippen molar-refractivity contribution in [2.45, 2.75) is 117 Å². The van der Waals surface area contributed by atoms with E-state index in [-0.39, 0.29) is 17.9 Å². The summed E-state index contributed by atoms with van der Waals surface area (Å²) in [5.74, 6) is -1.90. The summed E-state index contributed by atoms with van der Waals surface area (Å²) < 4.78 is 11.0. The monoisotopic (exact) mass is 454 g/mol. The Labute approximate surface area is 192 Å². The molecule has 1 saturated heterocycles. The van der Waals surface area contributed by atoms with Crippen molar-refractivity contribution in [3.8, 4) is 0 Å². The molecule has 0 aromatic rings. The molecule has 1 aliphatic heterocycles. The van der Waals surface area contributed by atoms with E-state index < -0.39 is 52.8 Å². The van der Waals surface area contributed by atoms with Gasteiger partial charge in [0.2, 0.25) is 5.91 Å². The lowest BCUT2D eigenvalue weighted by molar-refractivity contribution is -0.157. The summed E-state index contributed by atoms with van der Waals surface area (Å²) in [5.41, 5.74) is -2.46. The zero-order valence-electron chi connectivity index (χ0n) is 21.1. The molecule has 0 bridgehead atoms. The van der Waals surface area contributed by atoms with Gasteiger partial charge in [-0.3, -0.25) is 14.9 Å². The first kappa shape index (κ1) is 28.1. The number of rotatable bonds is 8. The second-order valence-corrected chi connectivity index (χ2v) is 10.6. The molecule has 8 nitrogen and oxygen atoms in total. The summed E-state index contributed by atoms with van der Waals surface area (Å²) in [6.07, 6.45) is 0.974. The molecule has 32 heavy (non-hydrogen) atoms. The topological polar surface area (TPSA) is 114 Å². The molecule has 3 N–H and O–H groups in total. The van der Waals surface area contributed by atoms with Crippen LogP contribution < -0.4 is 10.6 Å². The summed E-state index contributed by atoms with van der Waals surface area (Å²) in [6.45, 7) is 19.6. The number of hydrogen-bond acceptors (Lipinski definition) is 7. The summed E-state index contributed by atoms with van der Waals surface area (Å²) in [5, 5.41) is 17.4. The highest BCUT2D eigenvalue weighted by Crippen LogP contribution is 2.36. The maximum absolute atomic E-state index is 12.8. The summed E-state index contributed by atoms with van der Waals surface area (Å²) in [4.78, 5) is 37.7. The van der Waals surface area contributed by atoms with Crippen molar-refractivity contribution in [2.24, 2.45) is 5.92 Å². The van der Waals surface area contributed by atoms with E-state index >= 15 is 0 Å². The van der Waals surface area contributed by atoms with Crippen molar-refractivity contribution >= 4 is 17.8 Å². The van der Waals surface area contributed by atoms with Gasteiger partial charge < -0.3 is 19.9 Å². The van der Waals surface area contributed by atoms with Crippen LogP contribution >= 0.6 is 0 Å². The van der Waals surface area contributed by atoms with Crippen molar-refractivity contribution in [1.29, 1.82) is 0 Å². The van der Waals surface area contributed by atoms with Crippen molar-refractivity contribution in [3.63, 3.8) is 0 Å². The molecule has 1 aliphatic rings. The Bertz CT molecular complexity index is 715. The lowest BCUT2D eigenvalue weighted by Gasteiger charge is -2.41. The van der Waals surface area contributed by atoms with E-state index in [1.807, 2.05) is 13.8 Å². The van der Waals surface area contributed by atoms with Crippen LogP contribution in [-0.4, -0.2) is 57.9 Å². The van der Waals surface area contributed by atoms with Gasteiger partial charge in [0, 0.05) is 24.5 Å². The predicted molar refractivity (Wildman–Crippen MR) is 123 cm³/mol. The van der Waals surface area contributed by atoms with Crippen LogP contribution in [0.25, 0.3) is 0 Å². The first-order chi connectivity index (χ1) is 14.4. The maximum atomic E-state index is 12.8. The zero-order chi connectivity index (χ0) is 25.1. The smallest absolute Gasteiger partial charge is 0.334 e. The second-order valence-electron chi connectivity index (χ2n) is 10.6.